The zero-order valence-electron chi connectivity index (χ0n) is 10.2. The van der Waals surface area contributed by atoms with Gasteiger partial charge in [-0.1, -0.05) is 30.1 Å². The molecule has 1 unspecified atom stereocenters. The summed E-state index contributed by atoms with van der Waals surface area (Å²) in [4.78, 5) is 14.0. The lowest BCUT2D eigenvalue weighted by Gasteiger charge is -2.33. The number of rotatable bonds is 3. The molecule has 1 aliphatic rings. The number of benzene rings is 1. The summed E-state index contributed by atoms with van der Waals surface area (Å²) in [5.41, 5.74) is 0.897. The van der Waals surface area contributed by atoms with Crippen LogP contribution in [-0.4, -0.2) is 29.9 Å². The Bertz CT molecular complexity index is 451. The molecule has 0 spiro atoms. The fourth-order valence-corrected chi connectivity index (χ4v) is 2.51. The van der Waals surface area contributed by atoms with Crippen LogP contribution in [0.3, 0.4) is 0 Å². The maximum atomic E-state index is 12.1. The number of halogens is 2. The molecule has 1 N–H and O–H groups in total. The highest BCUT2D eigenvalue weighted by Gasteiger charge is 2.27. The average Bonchev–Trinajstić information content (AvgIpc) is 2.36. The molecule has 1 saturated heterocycles. The molecule has 0 aromatic heterocycles. The highest BCUT2D eigenvalue weighted by Crippen LogP contribution is 2.22. The Morgan fingerprint density at radius 2 is 2.22 bits per heavy atom. The van der Waals surface area contributed by atoms with E-state index in [1.54, 1.807) is 12.1 Å². The van der Waals surface area contributed by atoms with Crippen molar-refractivity contribution in [2.45, 2.75) is 25.9 Å². The second-order valence-electron chi connectivity index (χ2n) is 4.41. The molecule has 0 radical (unpaired) electrons. The van der Waals surface area contributed by atoms with E-state index >= 15 is 0 Å². The van der Waals surface area contributed by atoms with E-state index in [1.165, 1.54) is 0 Å². The van der Waals surface area contributed by atoms with Gasteiger partial charge >= 0.3 is 0 Å². The lowest BCUT2D eigenvalue weighted by molar-refractivity contribution is -0.136. The summed E-state index contributed by atoms with van der Waals surface area (Å²) in [6.45, 7) is 4.06. The van der Waals surface area contributed by atoms with Gasteiger partial charge < -0.3 is 10.2 Å². The molecule has 5 heteroatoms. The van der Waals surface area contributed by atoms with Gasteiger partial charge in [0.15, 0.2) is 0 Å². The minimum atomic E-state index is -0.0725. The predicted octanol–water partition coefficient (Wildman–Crippen LogP) is 2.70. The molecule has 98 valence electrons. The molecule has 1 aromatic carbocycles. The third-order valence-electron chi connectivity index (χ3n) is 3.16. The van der Waals surface area contributed by atoms with Crippen molar-refractivity contribution in [1.29, 1.82) is 0 Å². The van der Waals surface area contributed by atoms with E-state index in [0.29, 0.717) is 23.1 Å². The van der Waals surface area contributed by atoms with Crippen molar-refractivity contribution >= 4 is 29.1 Å². The summed E-state index contributed by atoms with van der Waals surface area (Å²) < 4.78 is 0. The third kappa shape index (κ3) is 2.97. The van der Waals surface area contributed by atoms with E-state index in [4.69, 9.17) is 23.2 Å². The van der Waals surface area contributed by atoms with E-state index in [-0.39, 0.29) is 11.9 Å². The Hall–Kier alpha value is -0.770. The van der Waals surface area contributed by atoms with Crippen molar-refractivity contribution in [3.8, 4) is 0 Å². The van der Waals surface area contributed by atoms with Crippen molar-refractivity contribution in [3.05, 3.63) is 33.8 Å². The number of carbonyl (C=O) groups excluding carboxylic acids is 1. The summed E-state index contributed by atoms with van der Waals surface area (Å²) in [5.74, 6) is 0.139. The standard InChI is InChI=1S/C13H16Cl2N2O/c1-2-12-13(18)17(6-5-16-12)8-9-7-10(14)3-4-11(9)15/h3-4,7,12,16H,2,5-6,8H2,1H3. The van der Waals surface area contributed by atoms with Crippen LogP contribution in [0.4, 0.5) is 0 Å². The third-order valence-corrected chi connectivity index (χ3v) is 3.76. The summed E-state index contributed by atoms with van der Waals surface area (Å²) in [6, 6.07) is 5.27. The van der Waals surface area contributed by atoms with Gasteiger partial charge in [0.2, 0.25) is 5.91 Å². The maximum absolute atomic E-state index is 12.1. The molecule has 0 saturated carbocycles. The molecule has 1 atom stereocenters. The highest BCUT2D eigenvalue weighted by atomic mass is 35.5. The van der Waals surface area contributed by atoms with Crippen LogP contribution < -0.4 is 5.32 Å². The Kier molecular flexibility index (Phi) is 4.49. The number of piperazine rings is 1. The van der Waals surface area contributed by atoms with Gasteiger partial charge in [0.05, 0.1) is 6.04 Å². The fourth-order valence-electron chi connectivity index (χ4n) is 2.14. The number of nitrogens with one attached hydrogen (secondary N) is 1. The summed E-state index contributed by atoms with van der Waals surface area (Å²) in [7, 11) is 0. The van der Waals surface area contributed by atoms with Crippen LogP contribution in [0.1, 0.15) is 18.9 Å². The zero-order chi connectivity index (χ0) is 13.1. The quantitative estimate of drug-likeness (QED) is 0.927. The smallest absolute Gasteiger partial charge is 0.240 e. The molecule has 1 aliphatic heterocycles. The molecule has 2 rings (SSSR count). The molecule has 1 aromatic rings. The van der Waals surface area contributed by atoms with Gasteiger partial charge in [-0.2, -0.15) is 0 Å². The second kappa shape index (κ2) is 5.91. The van der Waals surface area contributed by atoms with Crippen molar-refractivity contribution in [1.82, 2.24) is 10.2 Å². The van der Waals surface area contributed by atoms with Crippen molar-refractivity contribution in [2.75, 3.05) is 13.1 Å². The SMILES string of the molecule is CCC1NCCN(Cc2cc(Cl)ccc2Cl)C1=O. The van der Waals surface area contributed by atoms with E-state index in [2.05, 4.69) is 5.32 Å². The minimum absolute atomic E-state index is 0.0725. The number of amides is 1. The second-order valence-corrected chi connectivity index (χ2v) is 5.25. The van der Waals surface area contributed by atoms with Gasteiger partial charge in [0, 0.05) is 29.7 Å². The first-order valence-electron chi connectivity index (χ1n) is 6.08. The molecule has 3 nitrogen and oxygen atoms in total. The summed E-state index contributed by atoms with van der Waals surface area (Å²) >= 11 is 12.1. The van der Waals surface area contributed by atoms with Gasteiger partial charge in [-0.25, -0.2) is 0 Å². The topological polar surface area (TPSA) is 32.3 Å². The molecule has 1 fully saturated rings. The highest BCUT2D eigenvalue weighted by molar-refractivity contribution is 6.33. The first kappa shape index (κ1) is 13.7. The first-order chi connectivity index (χ1) is 8.61. The van der Waals surface area contributed by atoms with Crippen LogP contribution >= 0.6 is 23.2 Å². The van der Waals surface area contributed by atoms with E-state index in [9.17, 15) is 4.79 Å². The normalized spacial score (nSPS) is 20.3. The first-order valence-corrected chi connectivity index (χ1v) is 6.83. The number of nitrogens with zero attached hydrogens (tertiary/aromatic N) is 1. The maximum Gasteiger partial charge on any atom is 0.240 e. The summed E-state index contributed by atoms with van der Waals surface area (Å²) in [5, 5.41) is 4.50. The molecule has 1 heterocycles. The number of hydrogen-bond donors (Lipinski definition) is 1. The van der Waals surface area contributed by atoms with Crippen LogP contribution in [0, 0.1) is 0 Å². The zero-order valence-corrected chi connectivity index (χ0v) is 11.8. The lowest BCUT2D eigenvalue weighted by atomic mass is 10.1. The fraction of sp³-hybridized carbons (Fsp3) is 0.462. The Morgan fingerprint density at radius 3 is 2.94 bits per heavy atom. The van der Waals surface area contributed by atoms with Crippen LogP contribution in [0.5, 0.6) is 0 Å². The molecule has 0 bridgehead atoms. The molecular weight excluding hydrogens is 271 g/mol. The molecule has 1 amide bonds. The molecule has 18 heavy (non-hydrogen) atoms. The summed E-state index contributed by atoms with van der Waals surface area (Å²) in [6.07, 6.45) is 0.804. The molecular formula is C13H16Cl2N2O. The van der Waals surface area contributed by atoms with Crippen LogP contribution in [0.15, 0.2) is 18.2 Å². The van der Waals surface area contributed by atoms with Crippen LogP contribution in [-0.2, 0) is 11.3 Å². The van der Waals surface area contributed by atoms with E-state index in [0.717, 1.165) is 18.5 Å². The Balaban J connectivity index is 2.13. The van der Waals surface area contributed by atoms with Gasteiger partial charge in [-0.3, -0.25) is 4.79 Å². The van der Waals surface area contributed by atoms with Gasteiger partial charge in [0.25, 0.3) is 0 Å². The Labute approximate surface area is 117 Å². The largest absolute Gasteiger partial charge is 0.336 e. The lowest BCUT2D eigenvalue weighted by Crippen LogP contribution is -2.54. The molecule has 0 aliphatic carbocycles. The number of carbonyl (C=O) groups is 1. The van der Waals surface area contributed by atoms with E-state index in [1.807, 2.05) is 17.9 Å². The van der Waals surface area contributed by atoms with Crippen molar-refractivity contribution < 1.29 is 4.79 Å². The van der Waals surface area contributed by atoms with Crippen molar-refractivity contribution in [2.24, 2.45) is 0 Å². The predicted molar refractivity (Wildman–Crippen MR) is 74.0 cm³/mol. The van der Waals surface area contributed by atoms with Crippen LogP contribution in [0.25, 0.3) is 0 Å². The monoisotopic (exact) mass is 286 g/mol. The van der Waals surface area contributed by atoms with E-state index < -0.39 is 0 Å². The van der Waals surface area contributed by atoms with Gasteiger partial charge in [-0.05, 0) is 30.2 Å². The number of hydrogen-bond acceptors (Lipinski definition) is 2. The van der Waals surface area contributed by atoms with Gasteiger partial charge in [-0.15, -0.1) is 0 Å². The van der Waals surface area contributed by atoms with Crippen molar-refractivity contribution in [3.63, 3.8) is 0 Å². The average molecular weight is 287 g/mol. The minimum Gasteiger partial charge on any atom is -0.336 e. The van der Waals surface area contributed by atoms with Gasteiger partial charge in [0.1, 0.15) is 0 Å². The Morgan fingerprint density at radius 1 is 1.44 bits per heavy atom. The van der Waals surface area contributed by atoms with Crippen LogP contribution in [0.2, 0.25) is 10.0 Å².